The lowest BCUT2D eigenvalue weighted by molar-refractivity contribution is -0.137. The maximum absolute atomic E-state index is 10.8. The number of ether oxygens (including phenoxy) is 1. The first-order valence-corrected chi connectivity index (χ1v) is 7.40. The first-order chi connectivity index (χ1) is 10.2. The molecule has 0 saturated heterocycles. The van der Waals surface area contributed by atoms with Crippen LogP contribution in [0.3, 0.4) is 0 Å². The van der Waals surface area contributed by atoms with E-state index in [9.17, 15) is 4.79 Å². The molecule has 1 heterocycles. The zero-order valence-corrected chi connectivity index (χ0v) is 12.6. The third-order valence-corrected chi connectivity index (χ3v) is 3.58. The number of nitrogens with zero attached hydrogens (tertiary/aromatic N) is 2. The Balaban J connectivity index is 2.33. The Labute approximate surface area is 124 Å². The van der Waals surface area contributed by atoms with Gasteiger partial charge >= 0.3 is 5.97 Å². The minimum absolute atomic E-state index is 0.105. The number of unbranched alkanes of at least 4 members (excludes halogenated alkanes) is 2. The van der Waals surface area contributed by atoms with Gasteiger partial charge in [-0.1, -0.05) is 19.8 Å². The van der Waals surface area contributed by atoms with Gasteiger partial charge in [-0.2, -0.15) is 0 Å². The lowest BCUT2D eigenvalue weighted by atomic mass is 10.2. The van der Waals surface area contributed by atoms with E-state index in [0.29, 0.717) is 6.42 Å². The summed E-state index contributed by atoms with van der Waals surface area (Å²) in [4.78, 5) is 15.4. The lowest BCUT2D eigenvalue weighted by Gasteiger charge is -2.08. The highest BCUT2D eigenvalue weighted by Crippen LogP contribution is 2.23. The molecule has 5 heteroatoms. The van der Waals surface area contributed by atoms with Gasteiger partial charge in [0, 0.05) is 19.0 Å². The molecular weight excluding hydrogens is 268 g/mol. The van der Waals surface area contributed by atoms with Crippen LogP contribution in [0.15, 0.2) is 18.2 Å². The van der Waals surface area contributed by atoms with E-state index >= 15 is 0 Å². The van der Waals surface area contributed by atoms with Crippen LogP contribution in [0.4, 0.5) is 0 Å². The zero-order chi connectivity index (χ0) is 15.2. The molecule has 1 aromatic carbocycles. The van der Waals surface area contributed by atoms with Crippen molar-refractivity contribution in [2.45, 2.75) is 45.6 Å². The summed E-state index contributed by atoms with van der Waals surface area (Å²) in [7, 11) is 1.63. The number of imidazole rings is 1. The fourth-order valence-corrected chi connectivity index (χ4v) is 2.47. The van der Waals surface area contributed by atoms with Gasteiger partial charge in [0.05, 0.1) is 24.6 Å². The smallest absolute Gasteiger partial charge is 0.303 e. The molecule has 1 aromatic heterocycles. The topological polar surface area (TPSA) is 64.4 Å². The van der Waals surface area contributed by atoms with Gasteiger partial charge in [0.1, 0.15) is 11.6 Å². The van der Waals surface area contributed by atoms with Gasteiger partial charge in [-0.15, -0.1) is 0 Å². The van der Waals surface area contributed by atoms with Crippen LogP contribution in [0.25, 0.3) is 11.0 Å². The molecule has 0 aliphatic carbocycles. The van der Waals surface area contributed by atoms with E-state index < -0.39 is 5.97 Å². The third-order valence-electron chi connectivity index (χ3n) is 3.58. The molecule has 0 unspecified atom stereocenters. The van der Waals surface area contributed by atoms with E-state index in [1.807, 2.05) is 18.2 Å². The van der Waals surface area contributed by atoms with E-state index in [-0.39, 0.29) is 6.42 Å². The number of rotatable bonds is 8. The number of hydrogen-bond acceptors (Lipinski definition) is 3. The van der Waals surface area contributed by atoms with E-state index in [1.54, 1.807) is 7.11 Å². The summed E-state index contributed by atoms with van der Waals surface area (Å²) >= 11 is 0. The first-order valence-electron chi connectivity index (χ1n) is 7.40. The average Bonchev–Trinajstić information content (AvgIpc) is 2.82. The summed E-state index contributed by atoms with van der Waals surface area (Å²) in [6.07, 6.45) is 3.96. The van der Waals surface area contributed by atoms with Gasteiger partial charge in [-0.3, -0.25) is 4.79 Å². The fourth-order valence-electron chi connectivity index (χ4n) is 2.47. The molecule has 5 nitrogen and oxygen atoms in total. The summed E-state index contributed by atoms with van der Waals surface area (Å²) in [5.74, 6) is 0.821. The number of carboxylic acids is 1. The molecule has 0 spiro atoms. The number of aryl methyl sites for hydroxylation is 2. The highest BCUT2D eigenvalue weighted by atomic mass is 16.5. The monoisotopic (exact) mass is 290 g/mol. The van der Waals surface area contributed by atoms with Crippen molar-refractivity contribution < 1.29 is 14.6 Å². The number of hydrogen-bond donors (Lipinski definition) is 1. The molecule has 0 bridgehead atoms. The van der Waals surface area contributed by atoms with Crippen LogP contribution in [0.1, 0.15) is 38.4 Å². The molecule has 1 N–H and O–H groups in total. The van der Waals surface area contributed by atoms with Crippen LogP contribution in [0.5, 0.6) is 5.75 Å². The quantitative estimate of drug-likeness (QED) is 0.758. The van der Waals surface area contributed by atoms with Crippen molar-refractivity contribution in [1.29, 1.82) is 0 Å². The molecule has 0 atom stereocenters. The standard InChI is InChI=1S/C16H22N2O3/c1-3-4-5-10-18-14-7-6-12(21-2)11-13(14)17-15(18)8-9-16(19)20/h6-7,11H,3-5,8-10H2,1-2H3,(H,19,20). The van der Waals surface area contributed by atoms with Crippen molar-refractivity contribution in [2.75, 3.05) is 7.11 Å². The van der Waals surface area contributed by atoms with Crippen molar-refractivity contribution in [3.8, 4) is 5.75 Å². The second kappa shape index (κ2) is 7.11. The van der Waals surface area contributed by atoms with Crippen molar-refractivity contribution in [2.24, 2.45) is 0 Å². The molecular formula is C16H22N2O3. The molecule has 2 rings (SSSR count). The SMILES string of the molecule is CCCCCn1c(CCC(=O)O)nc2cc(OC)ccc21. The Morgan fingerprint density at radius 1 is 1.38 bits per heavy atom. The van der Waals surface area contributed by atoms with Gasteiger partial charge in [-0.05, 0) is 18.6 Å². The molecule has 0 radical (unpaired) electrons. The molecule has 114 valence electrons. The van der Waals surface area contributed by atoms with Crippen molar-refractivity contribution in [3.05, 3.63) is 24.0 Å². The van der Waals surface area contributed by atoms with Crippen LogP contribution in [0, 0.1) is 0 Å². The minimum Gasteiger partial charge on any atom is -0.497 e. The van der Waals surface area contributed by atoms with Gasteiger partial charge < -0.3 is 14.4 Å². The Kier molecular flexibility index (Phi) is 5.20. The van der Waals surface area contributed by atoms with Crippen molar-refractivity contribution in [3.63, 3.8) is 0 Å². The van der Waals surface area contributed by atoms with Gasteiger partial charge in [0.15, 0.2) is 0 Å². The van der Waals surface area contributed by atoms with E-state index in [0.717, 1.165) is 48.4 Å². The fraction of sp³-hybridized carbons (Fsp3) is 0.500. The van der Waals surface area contributed by atoms with E-state index in [4.69, 9.17) is 9.84 Å². The molecule has 0 aliphatic rings. The van der Waals surface area contributed by atoms with E-state index in [1.165, 1.54) is 0 Å². The lowest BCUT2D eigenvalue weighted by Crippen LogP contribution is -2.07. The van der Waals surface area contributed by atoms with Crippen LogP contribution in [-0.2, 0) is 17.8 Å². The van der Waals surface area contributed by atoms with Crippen LogP contribution >= 0.6 is 0 Å². The molecule has 0 fully saturated rings. The van der Waals surface area contributed by atoms with E-state index in [2.05, 4.69) is 16.5 Å². The molecule has 0 amide bonds. The number of carbonyl (C=O) groups is 1. The van der Waals surface area contributed by atoms with Gasteiger partial charge in [-0.25, -0.2) is 4.98 Å². The normalized spacial score (nSPS) is 11.0. The molecule has 21 heavy (non-hydrogen) atoms. The van der Waals surface area contributed by atoms with Crippen molar-refractivity contribution in [1.82, 2.24) is 9.55 Å². The highest BCUT2D eigenvalue weighted by Gasteiger charge is 2.12. The zero-order valence-electron chi connectivity index (χ0n) is 12.6. The Bertz CT molecular complexity index is 619. The second-order valence-electron chi connectivity index (χ2n) is 5.14. The maximum atomic E-state index is 10.8. The number of benzene rings is 1. The maximum Gasteiger partial charge on any atom is 0.303 e. The summed E-state index contributed by atoms with van der Waals surface area (Å²) in [6.45, 7) is 3.05. The van der Waals surface area contributed by atoms with Crippen molar-refractivity contribution >= 4 is 17.0 Å². The number of aliphatic carboxylic acids is 1. The molecule has 0 aliphatic heterocycles. The molecule has 2 aromatic rings. The Morgan fingerprint density at radius 3 is 2.86 bits per heavy atom. The predicted molar refractivity (Wildman–Crippen MR) is 81.8 cm³/mol. The Hall–Kier alpha value is -2.04. The second-order valence-corrected chi connectivity index (χ2v) is 5.14. The van der Waals surface area contributed by atoms with Gasteiger partial charge in [0.2, 0.25) is 0 Å². The third kappa shape index (κ3) is 3.74. The van der Waals surface area contributed by atoms with Crippen LogP contribution in [-0.4, -0.2) is 27.7 Å². The number of methoxy groups -OCH3 is 1. The van der Waals surface area contributed by atoms with Gasteiger partial charge in [0.25, 0.3) is 0 Å². The number of fused-ring (bicyclic) bond motifs is 1. The molecule has 0 saturated carbocycles. The summed E-state index contributed by atoms with van der Waals surface area (Å²) in [5, 5.41) is 8.88. The average molecular weight is 290 g/mol. The predicted octanol–water partition coefficient (Wildman–Crippen LogP) is 3.25. The summed E-state index contributed by atoms with van der Waals surface area (Å²) in [6, 6.07) is 5.81. The number of carboxylic acid groups (broad SMARTS) is 1. The minimum atomic E-state index is -0.792. The van der Waals surface area contributed by atoms with Crippen LogP contribution in [0.2, 0.25) is 0 Å². The summed E-state index contributed by atoms with van der Waals surface area (Å²) in [5.41, 5.74) is 1.92. The Morgan fingerprint density at radius 2 is 2.19 bits per heavy atom. The number of aromatic nitrogens is 2. The largest absolute Gasteiger partial charge is 0.497 e. The highest BCUT2D eigenvalue weighted by molar-refractivity contribution is 5.78. The first kappa shape index (κ1) is 15.4. The van der Waals surface area contributed by atoms with Crippen LogP contribution < -0.4 is 4.74 Å². The summed E-state index contributed by atoms with van der Waals surface area (Å²) < 4.78 is 7.37.